The molecule has 2 aliphatic heterocycles. The van der Waals surface area contributed by atoms with Gasteiger partial charge in [-0.1, -0.05) is 0 Å². The molecule has 3 aromatic rings. The first-order valence-electron chi connectivity index (χ1n) is 12.5. The Morgan fingerprint density at radius 2 is 1.88 bits per heavy atom. The van der Waals surface area contributed by atoms with E-state index in [1.165, 1.54) is 46.3 Å². The van der Waals surface area contributed by atoms with Crippen molar-refractivity contribution in [2.24, 2.45) is 5.73 Å². The Morgan fingerprint density at radius 1 is 1.14 bits per heavy atom. The monoisotopic (exact) mass is 647 g/mol. The molecule has 0 radical (unpaired) electrons. The molecule has 0 aromatic carbocycles. The van der Waals surface area contributed by atoms with Gasteiger partial charge in [-0.2, -0.15) is 4.57 Å². The standard InChI is InChI=1S/C21H27N7O13P2/c22-18-15-20(25-8-24-18)28(9-26-15)14-4-11(29)12(39-14)6-37-42(33,34)41-43(35,36)38-7-13-16(30)17(31)21(40-13)27-3-1-2-10(5-27)19(23)32/h1-3,5,8-9,11-14,16-17,21,29-31H,4,6-7H2,(H5-,22,23,24,25,32,33,34,35,36)/t11-,12+,13+,14+,16+,17+,21+/m0/s1. The van der Waals surface area contributed by atoms with E-state index in [1.54, 1.807) is 0 Å². The first kappa shape index (κ1) is 31.5. The van der Waals surface area contributed by atoms with Gasteiger partial charge in [0.15, 0.2) is 30.0 Å². The number of phosphoric ester groups is 2. The van der Waals surface area contributed by atoms with Crippen LogP contribution < -0.4 is 20.9 Å². The molecule has 2 fully saturated rings. The van der Waals surface area contributed by atoms with Crippen molar-refractivity contribution in [3.63, 3.8) is 0 Å². The Morgan fingerprint density at radius 3 is 2.63 bits per heavy atom. The molecular weight excluding hydrogens is 620 g/mol. The van der Waals surface area contributed by atoms with Crippen LogP contribution in [0.4, 0.5) is 5.82 Å². The van der Waals surface area contributed by atoms with Gasteiger partial charge < -0.3 is 50.6 Å². The smallest absolute Gasteiger partial charge is 0.478 e. The molecule has 2 aliphatic rings. The minimum absolute atomic E-state index is 0.00477. The summed E-state index contributed by atoms with van der Waals surface area (Å²) in [6, 6.07) is 2.84. The molecular formula is C21H27N7O13P2. The Bertz CT molecular complexity index is 1590. The Kier molecular flexibility index (Phi) is 8.92. The number of phosphoric acid groups is 2. The van der Waals surface area contributed by atoms with Crippen molar-refractivity contribution in [1.29, 1.82) is 0 Å². The van der Waals surface area contributed by atoms with E-state index in [1.807, 2.05) is 0 Å². The van der Waals surface area contributed by atoms with Gasteiger partial charge in [-0.25, -0.2) is 23.8 Å². The van der Waals surface area contributed by atoms with Crippen LogP contribution in [0.1, 0.15) is 29.2 Å². The fraction of sp³-hybridized carbons (Fsp3) is 0.476. The fourth-order valence-electron chi connectivity index (χ4n) is 4.53. The number of fused-ring (bicyclic) bond motifs is 1. The minimum Gasteiger partial charge on any atom is -0.756 e. The summed E-state index contributed by atoms with van der Waals surface area (Å²) in [4.78, 5) is 45.7. The number of nitrogens with zero attached hydrogens (tertiary/aromatic N) is 5. The number of rotatable bonds is 11. The van der Waals surface area contributed by atoms with Crippen LogP contribution in [0, 0.1) is 0 Å². The van der Waals surface area contributed by atoms with Crippen LogP contribution in [0.15, 0.2) is 37.2 Å². The number of aliphatic hydroxyl groups is 3. The van der Waals surface area contributed by atoms with Gasteiger partial charge in [0.1, 0.15) is 41.9 Å². The van der Waals surface area contributed by atoms with Crippen LogP contribution in [0.2, 0.25) is 0 Å². The number of imidazole rings is 1. The van der Waals surface area contributed by atoms with E-state index in [4.69, 9.17) is 25.5 Å². The number of aliphatic hydroxyl groups excluding tert-OH is 3. The summed E-state index contributed by atoms with van der Waals surface area (Å²) in [5, 5.41) is 31.1. The number of primary amides is 1. The molecule has 22 heteroatoms. The first-order chi connectivity index (χ1) is 20.2. The second-order valence-corrected chi connectivity index (χ2v) is 12.6. The fourth-order valence-corrected chi connectivity index (χ4v) is 6.59. The zero-order valence-electron chi connectivity index (χ0n) is 21.9. The SMILES string of the molecule is NC(=O)c1ccc[n+]([C@@H]2O[C@H](COP(=O)([O-])OP(=O)(O)OC[C@H]3O[C@@H](n4cnc5c(N)ncnc54)C[C@@H]3O)[C@@H](O)[C@H]2O)c1. The summed E-state index contributed by atoms with van der Waals surface area (Å²) in [6.45, 7) is -1.68. The highest BCUT2D eigenvalue weighted by atomic mass is 31.3. The Labute approximate surface area is 241 Å². The second kappa shape index (κ2) is 12.2. The van der Waals surface area contributed by atoms with Gasteiger partial charge in [0.05, 0.1) is 25.6 Å². The number of hydrogen-bond acceptors (Lipinski definition) is 16. The zero-order valence-corrected chi connectivity index (χ0v) is 23.7. The molecule has 1 amide bonds. The molecule has 2 unspecified atom stereocenters. The number of hydrogen-bond donors (Lipinski definition) is 6. The van der Waals surface area contributed by atoms with E-state index in [-0.39, 0.29) is 17.8 Å². The van der Waals surface area contributed by atoms with Crippen molar-refractivity contribution in [2.45, 2.75) is 49.4 Å². The lowest BCUT2D eigenvalue weighted by Crippen LogP contribution is -2.46. The van der Waals surface area contributed by atoms with Crippen LogP contribution >= 0.6 is 15.6 Å². The third-order valence-electron chi connectivity index (χ3n) is 6.64. The lowest BCUT2D eigenvalue weighted by atomic mass is 10.1. The normalized spacial score (nSPS) is 30.3. The summed E-state index contributed by atoms with van der Waals surface area (Å²) in [6.07, 6.45) is -3.87. The average molecular weight is 647 g/mol. The molecule has 9 atom stereocenters. The molecule has 0 spiro atoms. The maximum absolute atomic E-state index is 12.4. The van der Waals surface area contributed by atoms with E-state index in [0.717, 1.165) is 0 Å². The average Bonchev–Trinajstić information content (AvgIpc) is 3.62. The van der Waals surface area contributed by atoms with Crippen molar-refractivity contribution < 1.29 is 66.4 Å². The molecule has 234 valence electrons. The summed E-state index contributed by atoms with van der Waals surface area (Å²) in [5.74, 6) is -0.632. The molecule has 0 aliphatic carbocycles. The second-order valence-electron chi connectivity index (χ2n) is 9.55. The lowest BCUT2D eigenvalue weighted by molar-refractivity contribution is -0.765. The molecule has 3 aromatic heterocycles. The van der Waals surface area contributed by atoms with E-state index >= 15 is 0 Å². The van der Waals surface area contributed by atoms with Gasteiger partial charge in [-0.3, -0.25) is 18.5 Å². The van der Waals surface area contributed by atoms with Crippen molar-refractivity contribution in [3.8, 4) is 0 Å². The largest absolute Gasteiger partial charge is 0.756 e. The van der Waals surface area contributed by atoms with Gasteiger partial charge in [0, 0.05) is 12.5 Å². The van der Waals surface area contributed by atoms with Gasteiger partial charge in [-0.05, 0) is 6.07 Å². The van der Waals surface area contributed by atoms with Crippen molar-refractivity contribution in [2.75, 3.05) is 18.9 Å². The maximum atomic E-state index is 12.4. The van der Waals surface area contributed by atoms with E-state index in [0.29, 0.717) is 11.2 Å². The Hall–Kier alpha value is -2.97. The zero-order chi connectivity index (χ0) is 31.1. The van der Waals surface area contributed by atoms with Crippen LogP contribution in [0.5, 0.6) is 0 Å². The van der Waals surface area contributed by atoms with Crippen molar-refractivity contribution in [3.05, 3.63) is 42.7 Å². The quantitative estimate of drug-likeness (QED) is 0.0916. The van der Waals surface area contributed by atoms with Crippen LogP contribution in [0.3, 0.4) is 0 Å². The molecule has 5 heterocycles. The predicted octanol–water partition coefficient (Wildman–Crippen LogP) is -2.62. The van der Waals surface area contributed by atoms with Crippen LogP contribution in [-0.4, -0.2) is 89.4 Å². The number of nitrogens with two attached hydrogens (primary N) is 2. The maximum Gasteiger partial charge on any atom is 0.478 e. The van der Waals surface area contributed by atoms with E-state index < -0.39 is 77.7 Å². The lowest BCUT2D eigenvalue weighted by Gasteiger charge is -2.26. The molecule has 0 saturated carbocycles. The number of anilines is 1. The summed E-state index contributed by atoms with van der Waals surface area (Å²) >= 11 is 0. The molecule has 0 bridgehead atoms. The predicted molar refractivity (Wildman–Crippen MR) is 136 cm³/mol. The highest BCUT2D eigenvalue weighted by molar-refractivity contribution is 7.60. The van der Waals surface area contributed by atoms with Gasteiger partial charge in [0.2, 0.25) is 0 Å². The minimum atomic E-state index is -5.56. The van der Waals surface area contributed by atoms with Gasteiger partial charge in [-0.15, -0.1) is 0 Å². The van der Waals surface area contributed by atoms with E-state index in [2.05, 4.69) is 23.8 Å². The van der Waals surface area contributed by atoms with Gasteiger partial charge in [0.25, 0.3) is 20.0 Å². The Balaban J connectivity index is 1.14. The third-order valence-corrected chi connectivity index (χ3v) is 9.21. The van der Waals surface area contributed by atoms with Crippen LogP contribution in [0.25, 0.3) is 11.2 Å². The number of ether oxygens (including phenoxy) is 2. The summed E-state index contributed by atoms with van der Waals surface area (Å²) < 4.78 is 52.0. The first-order valence-corrected chi connectivity index (χ1v) is 15.4. The molecule has 20 nitrogen and oxygen atoms in total. The summed E-state index contributed by atoms with van der Waals surface area (Å²) in [7, 11) is -10.9. The highest BCUT2D eigenvalue weighted by Gasteiger charge is 2.49. The number of nitrogen functional groups attached to an aromatic ring is 1. The molecule has 43 heavy (non-hydrogen) atoms. The molecule has 2 saturated heterocycles. The van der Waals surface area contributed by atoms with Gasteiger partial charge >= 0.3 is 7.82 Å². The van der Waals surface area contributed by atoms with Crippen molar-refractivity contribution >= 4 is 38.5 Å². The highest BCUT2D eigenvalue weighted by Crippen LogP contribution is 2.58. The molecule has 8 N–H and O–H groups in total. The topological polar surface area (TPSA) is 301 Å². The number of carbonyl (C=O) groups is 1. The third kappa shape index (κ3) is 6.91. The number of aromatic nitrogens is 5. The number of amides is 1. The summed E-state index contributed by atoms with van der Waals surface area (Å²) in [5.41, 5.74) is 11.7. The van der Waals surface area contributed by atoms with E-state index in [9.17, 15) is 39.0 Å². The molecule has 5 rings (SSSR count). The number of carbonyl (C=O) groups excluding carboxylic acids is 1. The van der Waals surface area contributed by atoms with Crippen LogP contribution in [-0.2, 0) is 32.0 Å². The number of pyridine rings is 1. The van der Waals surface area contributed by atoms with Crippen molar-refractivity contribution in [1.82, 2.24) is 19.5 Å².